The zero-order chi connectivity index (χ0) is 20.6. The number of carbonyl (C=O) groups excluding carboxylic acids is 1. The second kappa shape index (κ2) is 7.86. The van der Waals surface area contributed by atoms with E-state index >= 15 is 4.39 Å². The highest BCUT2D eigenvalue weighted by atomic mass is 127. The minimum atomic E-state index is -0.691. The van der Waals surface area contributed by atoms with Gasteiger partial charge < -0.3 is 10.1 Å². The number of carbonyl (C=O) groups is 1. The molecule has 3 aromatic rings. The predicted octanol–water partition coefficient (Wildman–Crippen LogP) is 4.37. The van der Waals surface area contributed by atoms with Gasteiger partial charge in [0.2, 0.25) is 5.52 Å². The van der Waals surface area contributed by atoms with Gasteiger partial charge in [-0.15, -0.1) is 0 Å². The van der Waals surface area contributed by atoms with Crippen molar-refractivity contribution in [3.05, 3.63) is 63.5 Å². The first-order chi connectivity index (χ1) is 13.3. The molecule has 0 aliphatic heterocycles. The first-order valence-electron chi connectivity index (χ1n) is 8.42. The molecule has 1 N–H and O–H groups in total. The van der Waals surface area contributed by atoms with E-state index in [9.17, 15) is 9.18 Å². The molecule has 0 aliphatic rings. The molecule has 0 amide bonds. The molecule has 0 unspecified atom stereocenters. The zero-order valence-electron chi connectivity index (χ0n) is 15.6. The molecule has 0 spiro atoms. The fraction of sp³-hybridized carbons (Fsp3) is 0.200. The number of fused-ring (bicyclic) bond motifs is 1. The summed E-state index contributed by atoms with van der Waals surface area (Å²) >= 11 is 1.87. The maximum Gasteiger partial charge on any atom is 0.340 e. The Morgan fingerprint density at radius 1 is 1.39 bits per heavy atom. The van der Waals surface area contributed by atoms with E-state index in [-0.39, 0.29) is 11.3 Å². The second-order valence-corrected chi connectivity index (χ2v) is 7.39. The third kappa shape index (κ3) is 3.36. The number of methoxy groups -OCH3 is 1. The average molecular weight is 498 g/mol. The van der Waals surface area contributed by atoms with E-state index in [4.69, 9.17) is 4.74 Å². The fourth-order valence-electron chi connectivity index (χ4n) is 3.12. The van der Waals surface area contributed by atoms with Crippen LogP contribution in [0.2, 0.25) is 0 Å². The van der Waals surface area contributed by atoms with Crippen molar-refractivity contribution >= 4 is 51.0 Å². The van der Waals surface area contributed by atoms with E-state index in [1.807, 2.05) is 29.5 Å². The number of benzene rings is 2. The van der Waals surface area contributed by atoms with Crippen molar-refractivity contribution in [2.24, 2.45) is 7.05 Å². The molecule has 3 rings (SSSR count). The second-order valence-electron chi connectivity index (χ2n) is 6.23. The Balaban J connectivity index is 2.30. The van der Waals surface area contributed by atoms with Crippen molar-refractivity contribution in [1.29, 1.82) is 0 Å². The molecule has 0 saturated carbocycles. The van der Waals surface area contributed by atoms with Crippen LogP contribution in [-0.4, -0.2) is 17.6 Å². The Morgan fingerprint density at radius 2 is 2.11 bits per heavy atom. The molecule has 5 nitrogen and oxygen atoms in total. The van der Waals surface area contributed by atoms with Crippen molar-refractivity contribution in [1.82, 2.24) is 4.57 Å². The standard InChI is InChI=1S/C20H18F2IN3O2/c1-5-8-26-11(2)25(3)16-10-13(20(27)28-4)18(17(22)19(16)26)24-12-6-7-15(23)14(21)9-12/h5-7,9-10H,1,8H2,2-4H3/p+1. The molecule has 0 radical (unpaired) electrons. The van der Waals surface area contributed by atoms with Crippen LogP contribution in [0.15, 0.2) is 36.9 Å². The number of hydrogen-bond acceptors (Lipinski definition) is 3. The van der Waals surface area contributed by atoms with Crippen molar-refractivity contribution in [2.75, 3.05) is 12.4 Å². The highest BCUT2D eigenvalue weighted by Crippen LogP contribution is 2.32. The van der Waals surface area contributed by atoms with Gasteiger partial charge in [0.05, 0.1) is 25.4 Å². The Hall–Kier alpha value is -2.49. The highest BCUT2D eigenvalue weighted by Gasteiger charge is 2.29. The molecule has 1 aromatic heterocycles. The summed E-state index contributed by atoms with van der Waals surface area (Å²) in [6.45, 7) is 5.97. The van der Waals surface area contributed by atoms with Crippen LogP contribution >= 0.6 is 22.6 Å². The molecule has 146 valence electrons. The number of rotatable bonds is 5. The van der Waals surface area contributed by atoms with Crippen LogP contribution in [0.3, 0.4) is 0 Å². The first-order valence-corrected chi connectivity index (χ1v) is 9.50. The van der Waals surface area contributed by atoms with Crippen LogP contribution < -0.4 is 9.88 Å². The van der Waals surface area contributed by atoms with Crippen LogP contribution in [0.25, 0.3) is 11.0 Å². The van der Waals surface area contributed by atoms with Gasteiger partial charge in [-0.3, -0.25) is 0 Å². The number of ether oxygens (including phenoxy) is 1. The van der Waals surface area contributed by atoms with E-state index in [1.54, 1.807) is 40.5 Å². The SMILES string of the molecule is C=CC[n+]1c(C)n(C)c2cc(C(=O)OC)c(Nc3ccc(I)c(F)c3)c(F)c21. The Labute approximate surface area is 174 Å². The van der Waals surface area contributed by atoms with Gasteiger partial charge in [-0.1, -0.05) is 12.7 Å². The lowest BCUT2D eigenvalue weighted by Gasteiger charge is -2.12. The predicted molar refractivity (Wildman–Crippen MR) is 112 cm³/mol. The highest BCUT2D eigenvalue weighted by molar-refractivity contribution is 14.1. The van der Waals surface area contributed by atoms with Gasteiger partial charge in [-0.25, -0.2) is 18.3 Å². The smallest absolute Gasteiger partial charge is 0.340 e. The zero-order valence-corrected chi connectivity index (χ0v) is 17.8. The Morgan fingerprint density at radius 3 is 2.71 bits per heavy atom. The van der Waals surface area contributed by atoms with Crippen molar-refractivity contribution < 1.29 is 22.9 Å². The van der Waals surface area contributed by atoms with Crippen molar-refractivity contribution in [2.45, 2.75) is 13.5 Å². The summed E-state index contributed by atoms with van der Waals surface area (Å²) in [4.78, 5) is 12.3. The molecule has 0 saturated heterocycles. The summed E-state index contributed by atoms with van der Waals surface area (Å²) < 4.78 is 38.4. The molecule has 1 heterocycles. The number of halogens is 3. The summed E-state index contributed by atoms with van der Waals surface area (Å²) in [5.74, 6) is -0.961. The van der Waals surface area contributed by atoms with Gasteiger partial charge in [0, 0.05) is 22.2 Å². The third-order valence-corrected chi connectivity index (χ3v) is 5.51. The first kappa shape index (κ1) is 20.2. The van der Waals surface area contributed by atoms with Crippen LogP contribution in [0.4, 0.5) is 20.2 Å². The molecule has 0 bridgehead atoms. The van der Waals surface area contributed by atoms with Gasteiger partial charge in [-0.05, 0) is 40.8 Å². The average Bonchev–Trinajstić information content (AvgIpc) is 2.91. The lowest BCUT2D eigenvalue weighted by molar-refractivity contribution is -0.668. The Kier molecular flexibility index (Phi) is 5.69. The minimum absolute atomic E-state index is 0.0258. The lowest BCUT2D eigenvalue weighted by Crippen LogP contribution is -2.36. The molecule has 28 heavy (non-hydrogen) atoms. The number of esters is 1. The largest absolute Gasteiger partial charge is 0.465 e. The number of imidazole rings is 1. The monoisotopic (exact) mass is 498 g/mol. The molecular weight excluding hydrogens is 479 g/mol. The Bertz CT molecular complexity index is 1110. The molecule has 2 aromatic carbocycles. The van der Waals surface area contributed by atoms with Crippen LogP contribution in [0.5, 0.6) is 0 Å². The number of nitrogens with zero attached hydrogens (tertiary/aromatic N) is 2. The van der Waals surface area contributed by atoms with Gasteiger partial charge >= 0.3 is 5.97 Å². The summed E-state index contributed by atoms with van der Waals surface area (Å²) in [6.07, 6.45) is 1.67. The van der Waals surface area contributed by atoms with Crippen molar-refractivity contribution in [3.63, 3.8) is 0 Å². The van der Waals surface area contributed by atoms with Crippen LogP contribution in [0.1, 0.15) is 16.2 Å². The van der Waals surface area contributed by atoms with E-state index < -0.39 is 17.6 Å². The molecule has 8 heteroatoms. The molecule has 0 atom stereocenters. The summed E-state index contributed by atoms with van der Waals surface area (Å²) in [5.41, 5.74) is 1.14. The molecule has 0 fully saturated rings. The van der Waals surface area contributed by atoms with Crippen LogP contribution in [0, 0.1) is 22.1 Å². The van der Waals surface area contributed by atoms with Gasteiger partial charge in [0.25, 0.3) is 5.82 Å². The van der Waals surface area contributed by atoms with Gasteiger partial charge in [0.15, 0.2) is 11.3 Å². The van der Waals surface area contributed by atoms with Crippen LogP contribution in [-0.2, 0) is 18.3 Å². The number of aromatic nitrogens is 2. The number of aryl methyl sites for hydroxylation is 1. The summed E-state index contributed by atoms with van der Waals surface area (Å²) in [5, 5.41) is 2.85. The molecular formula is C20H19F2IN3O2+. The quantitative estimate of drug-likeness (QED) is 0.246. The van der Waals surface area contributed by atoms with E-state index in [0.717, 1.165) is 5.82 Å². The number of allylic oxidation sites excluding steroid dienone is 1. The number of hydrogen-bond donors (Lipinski definition) is 1. The van der Waals surface area contributed by atoms with E-state index in [2.05, 4.69) is 11.9 Å². The van der Waals surface area contributed by atoms with E-state index in [1.165, 1.54) is 13.2 Å². The van der Waals surface area contributed by atoms with E-state index in [0.29, 0.717) is 26.8 Å². The minimum Gasteiger partial charge on any atom is -0.465 e. The molecule has 0 aliphatic carbocycles. The topological polar surface area (TPSA) is 47.1 Å². The maximum atomic E-state index is 15.6. The maximum absolute atomic E-state index is 15.6. The van der Waals surface area contributed by atoms with Gasteiger partial charge in [-0.2, -0.15) is 4.39 Å². The van der Waals surface area contributed by atoms with Gasteiger partial charge in [0.1, 0.15) is 12.4 Å². The summed E-state index contributed by atoms with van der Waals surface area (Å²) in [6, 6.07) is 6.00. The fourth-order valence-corrected chi connectivity index (χ4v) is 3.46. The van der Waals surface area contributed by atoms with Crippen molar-refractivity contribution in [3.8, 4) is 0 Å². The normalized spacial score (nSPS) is 10.9. The number of anilines is 2. The lowest BCUT2D eigenvalue weighted by atomic mass is 10.1. The number of nitrogens with one attached hydrogen (secondary N) is 1. The summed E-state index contributed by atoms with van der Waals surface area (Å²) in [7, 11) is 3.02. The third-order valence-electron chi connectivity index (χ3n) is 4.63.